The molecular formula is C23H28N4O. The van der Waals surface area contributed by atoms with Gasteiger partial charge in [-0.1, -0.05) is 24.3 Å². The fourth-order valence-electron chi connectivity index (χ4n) is 4.30. The summed E-state index contributed by atoms with van der Waals surface area (Å²) in [6.45, 7) is 3.58. The van der Waals surface area contributed by atoms with Crippen LogP contribution in [0.25, 0.3) is 10.9 Å². The zero-order valence-corrected chi connectivity index (χ0v) is 16.4. The lowest BCUT2D eigenvalue weighted by atomic mass is 9.89. The largest absolute Gasteiger partial charge is 0.351 e. The van der Waals surface area contributed by atoms with Crippen molar-refractivity contribution < 1.29 is 4.79 Å². The van der Waals surface area contributed by atoms with Gasteiger partial charge < -0.3 is 15.2 Å². The number of aromatic amines is 1. The van der Waals surface area contributed by atoms with E-state index in [1.807, 2.05) is 59.6 Å². The van der Waals surface area contributed by atoms with Gasteiger partial charge in [0.1, 0.15) is 5.69 Å². The SMILES string of the molecule is CCN(C(=O)c1cc2ccccc2[nH]1)C1CCC[C@@H](NCc2ccccn2)C1. The molecule has 0 spiro atoms. The van der Waals surface area contributed by atoms with E-state index in [4.69, 9.17) is 0 Å². The van der Waals surface area contributed by atoms with Gasteiger partial charge in [0.2, 0.25) is 0 Å². The van der Waals surface area contributed by atoms with Gasteiger partial charge in [-0.2, -0.15) is 0 Å². The number of fused-ring (bicyclic) bond motifs is 1. The first-order valence-electron chi connectivity index (χ1n) is 10.3. The molecule has 0 bridgehead atoms. The molecule has 1 amide bonds. The summed E-state index contributed by atoms with van der Waals surface area (Å²) in [4.78, 5) is 22.9. The molecule has 2 aromatic heterocycles. The first-order valence-corrected chi connectivity index (χ1v) is 10.3. The highest BCUT2D eigenvalue weighted by atomic mass is 16.2. The standard InChI is InChI=1S/C23H28N4O/c1-2-27(23(28)22-14-17-8-3-4-12-21(17)26-22)20-11-7-10-18(15-20)25-16-19-9-5-6-13-24-19/h3-6,8-9,12-14,18,20,25-26H,2,7,10-11,15-16H2,1H3/t18-,20?/m1/s1. The molecule has 1 aliphatic carbocycles. The van der Waals surface area contributed by atoms with Gasteiger partial charge in [0, 0.05) is 42.3 Å². The molecule has 0 aliphatic heterocycles. The van der Waals surface area contributed by atoms with E-state index < -0.39 is 0 Å². The Morgan fingerprint density at radius 1 is 1.21 bits per heavy atom. The second kappa shape index (κ2) is 8.57. The molecule has 28 heavy (non-hydrogen) atoms. The molecule has 1 fully saturated rings. The average molecular weight is 377 g/mol. The number of H-pyrrole nitrogens is 1. The van der Waals surface area contributed by atoms with Crippen LogP contribution in [-0.4, -0.2) is 39.4 Å². The molecule has 1 aliphatic rings. The zero-order valence-electron chi connectivity index (χ0n) is 16.4. The molecule has 2 N–H and O–H groups in total. The number of hydrogen-bond donors (Lipinski definition) is 2. The van der Waals surface area contributed by atoms with Crippen LogP contribution in [0.2, 0.25) is 0 Å². The number of pyridine rings is 1. The quantitative estimate of drug-likeness (QED) is 0.680. The van der Waals surface area contributed by atoms with Crippen LogP contribution < -0.4 is 5.32 Å². The zero-order chi connectivity index (χ0) is 19.3. The molecule has 2 atom stereocenters. The monoisotopic (exact) mass is 376 g/mol. The second-order valence-electron chi connectivity index (χ2n) is 7.58. The molecule has 146 valence electrons. The van der Waals surface area contributed by atoms with E-state index in [-0.39, 0.29) is 11.9 Å². The van der Waals surface area contributed by atoms with Gasteiger partial charge in [0.15, 0.2) is 0 Å². The highest BCUT2D eigenvalue weighted by Gasteiger charge is 2.29. The Morgan fingerprint density at radius 2 is 2.07 bits per heavy atom. The minimum absolute atomic E-state index is 0.106. The Balaban J connectivity index is 1.42. The van der Waals surface area contributed by atoms with Crippen molar-refractivity contribution >= 4 is 16.8 Å². The first kappa shape index (κ1) is 18.7. The van der Waals surface area contributed by atoms with Crippen molar-refractivity contribution in [3.8, 4) is 0 Å². The highest BCUT2D eigenvalue weighted by Crippen LogP contribution is 2.25. The molecule has 3 aromatic rings. The van der Waals surface area contributed by atoms with E-state index in [0.29, 0.717) is 11.7 Å². The van der Waals surface area contributed by atoms with Gasteiger partial charge in [-0.3, -0.25) is 9.78 Å². The van der Waals surface area contributed by atoms with Gasteiger partial charge in [0.05, 0.1) is 5.69 Å². The van der Waals surface area contributed by atoms with Crippen LogP contribution in [0.15, 0.2) is 54.7 Å². The smallest absolute Gasteiger partial charge is 0.270 e. The van der Waals surface area contributed by atoms with Crippen LogP contribution in [0.3, 0.4) is 0 Å². The second-order valence-corrected chi connectivity index (χ2v) is 7.58. The van der Waals surface area contributed by atoms with Gasteiger partial charge in [0.25, 0.3) is 5.91 Å². The van der Waals surface area contributed by atoms with Crippen LogP contribution in [0.1, 0.15) is 48.8 Å². The Morgan fingerprint density at radius 3 is 2.86 bits per heavy atom. The summed E-state index contributed by atoms with van der Waals surface area (Å²) in [6, 6.07) is 16.7. The topological polar surface area (TPSA) is 61.0 Å². The summed E-state index contributed by atoms with van der Waals surface area (Å²) in [5, 5.41) is 4.72. The summed E-state index contributed by atoms with van der Waals surface area (Å²) in [7, 11) is 0. The maximum absolute atomic E-state index is 13.2. The minimum atomic E-state index is 0.106. The van der Waals surface area contributed by atoms with Gasteiger partial charge in [-0.15, -0.1) is 0 Å². The van der Waals surface area contributed by atoms with E-state index in [9.17, 15) is 4.79 Å². The number of nitrogens with zero attached hydrogens (tertiary/aromatic N) is 2. The lowest BCUT2D eigenvalue weighted by molar-refractivity contribution is 0.0623. The predicted octanol–water partition coefficient (Wildman–Crippen LogP) is 4.13. The lowest BCUT2D eigenvalue weighted by Crippen LogP contribution is -2.46. The fraction of sp³-hybridized carbons (Fsp3) is 0.391. The van der Waals surface area contributed by atoms with Crippen molar-refractivity contribution in [3.63, 3.8) is 0 Å². The molecule has 5 nitrogen and oxygen atoms in total. The Hall–Kier alpha value is -2.66. The summed E-state index contributed by atoms with van der Waals surface area (Å²) in [5.41, 5.74) is 2.76. The van der Waals surface area contributed by atoms with E-state index >= 15 is 0 Å². The molecule has 4 rings (SSSR count). The van der Waals surface area contributed by atoms with Gasteiger partial charge in [-0.25, -0.2) is 0 Å². The van der Waals surface area contributed by atoms with E-state index in [1.54, 1.807) is 0 Å². The first-order chi connectivity index (χ1) is 13.7. The molecule has 5 heteroatoms. The minimum Gasteiger partial charge on any atom is -0.351 e. The van der Waals surface area contributed by atoms with Gasteiger partial charge >= 0.3 is 0 Å². The Bertz CT molecular complexity index is 888. The molecule has 0 radical (unpaired) electrons. The normalized spacial score (nSPS) is 19.6. The van der Waals surface area contributed by atoms with Crippen LogP contribution >= 0.6 is 0 Å². The fourth-order valence-corrected chi connectivity index (χ4v) is 4.30. The summed E-state index contributed by atoms with van der Waals surface area (Å²) in [6.07, 6.45) is 6.19. The molecule has 2 heterocycles. The van der Waals surface area contributed by atoms with E-state index in [2.05, 4.69) is 22.2 Å². The summed E-state index contributed by atoms with van der Waals surface area (Å²) in [5.74, 6) is 0.106. The number of benzene rings is 1. The van der Waals surface area contributed by atoms with Crippen molar-refractivity contribution in [1.29, 1.82) is 0 Å². The van der Waals surface area contributed by atoms with Crippen molar-refractivity contribution in [1.82, 2.24) is 20.2 Å². The van der Waals surface area contributed by atoms with Crippen LogP contribution in [0.5, 0.6) is 0 Å². The molecule has 1 saturated carbocycles. The van der Waals surface area contributed by atoms with Crippen molar-refractivity contribution in [2.75, 3.05) is 6.54 Å². The number of amides is 1. The van der Waals surface area contributed by atoms with Crippen molar-refractivity contribution in [3.05, 3.63) is 66.1 Å². The number of carbonyl (C=O) groups excluding carboxylic acids is 1. The number of rotatable bonds is 6. The van der Waals surface area contributed by atoms with Crippen LogP contribution in [0, 0.1) is 0 Å². The lowest BCUT2D eigenvalue weighted by Gasteiger charge is -2.37. The number of carbonyl (C=O) groups is 1. The van der Waals surface area contributed by atoms with Crippen molar-refractivity contribution in [2.24, 2.45) is 0 Å². The molecule has 1 aromatic carbocycles. The van der Waals surface area contributed by atoms with E-state index in [1.165, 1.54) is 0 Å². The Kier molecular flexibility index (Phi) is 5.72. The highest BCUT2D eigenvalue weighted by molar-refractivity contribution is 5.98. The third-order valence-electron chi connectivity index (χ3n) is 5.75. The maximum Gasteiger partial charge on any atom is 0.270 e. The van der Waals surface area contributed by atoms with E-state index in [0.717, 1.165) is 55.4 Å². The number of aromatic nitrogens is 2. The third-order valence-corrected chi connectivity index (χ3v) is 5.75. The maximum atomic E-state index is 13.2. The van der Waals surface area contributed by atoms with Crippen LogP contribution in [0.4, 0.5) is 0 Å². The van der Waals surface area contributed by atoms with Crippen LogP contribution in [-0.2, 0) is 6.54 Å². The number of para-hydroxylation sites is 1. The molecule has 0 saturated heterocycles. The average Bonchev–Trinajstić information content (AvgIpc) is 3.18. The predicted molar refractivity (Wildman–Crippen MR) is 112 cm³/mol. The third kappa shape index (κ3) is 4.09. The summed E-state index contributed by atoms with van der Waals surface area (Å²) < 4.78 is 0. The molecule has 1 unspecified atom stereocenters. The number of nitrogens with one attached hydrogen (secondary N) is 2. The van der Waals surface area contributed by atoms with Gasteiger partial charge in [-0.05, 0) is 56.9 Å². The number of hydrogen-bond acceptors (Lipinski definition) is 3. The Labute approximate surface area is 166 Å². The summed E-state index contributed by atoms with van der Waals surface area (Å²) >= 11 is 0. The molecular weight excluding hydrogens is 348 g/mol. The van der Waals surface area contributed by atoms with Crippen molar-refractivity contribution in [2.45, 2.75) is 51.2 Å².